The van der Waals surface area contributed by atoms with E-state index in [1.807, 2.05) is 0 Å². The van der Waals surface area contributed by atoms with E-state index in [1.165, 1.54) is 17.5 Å². The molecule has 0 aliphatic heterocycles. The van der Waals surface area contributed by atoms with Gasteiger partial charge in [-0.2, -0.15) is 0 Å². The van der Waals surface area contributed by atoms with Crippen molar-refractivity contribution in [2.75, 3.05) is 6.61 Å². The minimum atomic E-state index is -0.485. The van der Waals surface area contributed by atoms with Gasteiger partial charge < -0.3 is 4.74 Å². The summed E-state index contributed by atoms with van der Waals surface area (Å²) in [6.45, 7) is 2.00. The number of nitrogens with zero attached hydrogens (tertiary/aromatic N) is 1. The molecule has 0 aromatic carbocycles. The Bertz CT molecular complexity index is 294. The van der Waals surface area contributed by atoms with Gasteiger partial charge in [0.2, 0.25) is 0 Å². The fourth-order valence-corrected chi connectivity index (χ4v) is 1.34. The van der Waals surface area contributed by atoms with Gasteiger partial charge >= 0.3 is 5.97 Å². The number of hydrogen-bond acceptors (Lipinski definition) is 5. The Kier molecular flexibility index (Phi) is 3.57. The van der Waals surface area contributed by atoms with Crippen molar-refractivity contribution in [3.63, 3.8) is 0 Å². The first-order valence-electron chi connectivity index (χ1n) is 3.81. The third-order valence-corrected chi connectivity index (χ3v) is 2.13. The molecule has 0 radical (unpaired) electrons. The number of esters is 1. The third-order valence-electron chi connectivity index (χ3n) is 1.32. The van der Waals surface area contributed by atoms with Gasteiger partial charge in [-0.15, -0.1) is 11.3 Å². The van der Waals surface area contributed by atoms with Gasteiger partial charge in [0, 0.05) is 6.20 Å². The van der Waals surface area contributed by atoms with E-state index >= 15 is 0 Å². The van der Waals surface area contributed by atoms with Crippen LogP contribution < -0.4 is 0 Å². The van der Waals surface area contributed by atoms with Crippen LogP contribution in [0.15, 0.2) is 11.7 Å². The lowest BCUT2D eigenvalue weighted by molar-refractivity contribution is -0.141. The maximum atomic E-state index is 11.3. The van der Waals surface area contributed by atoms with E-state index < -0.39 is 5.97 Å². The minimum absolute atomic E-state index is 0.198. The maximum absolute atomic E-state index is 11.3. The van der Waals surface area contributed by atoms with Crippen LogP contribution in [-0.2, 0) is 9.53 Å². The molecule has 0 saturated carbocycles. The predicted octanol–water partition coefficient (Wildman–Crippen LogP) is 1.28. The highest BCUT2D eigenvalue weighted by Gasteiger charge is 2.13. The van der Waals surface area contributed by atoms with Crippen molar-refractivity contribution in [3.8, 4) is 0 Å². The van der Waals surface area contributed by atoms with E-state index in [-0.39, 0.29) is 12.2 Å². The van der Waals surface area contributed by atoms with Crippen molar-refractivity contribution in [2.24, 2.45) is 0 Å². The number of Topliss-reactive ketones (excluding diaryl/α,β-unsaturated/α-hetero) is 1. The Morgan fingerprint density at radius 2 is 2.38 bits per heavy atom. The molecule has 5 heteroatoms. The summed E-state index contributed by atoms with van der Waals surface area (Å²) in [7, 11) is 0. The van der Waals surface area contributed by atoms with Crippen molar-refractivity contribution >= 4 is 23.1 Å². The van der Waals surface area contributed by atoms with E-state index in [4.69, 9.17) is 0 Å². The third kappa shape index (κ3) is 2.95. The molecule has 0 fully saturated rings. The zero-order chi connectivity index (χ0) is 9.68. The molecular formula is C8H9NO3S. The lowest BCUT2D eigenvalue weighted by Crippen LogP contribution is -2.10. The van der Waals surface area contributed by atoms with Gasteiger partial charge in [0.15, 0.2) is 5.78 Å². The van der Waals surface area contributed by atoms with Crippen molar-refractivity contribution in [1.29, 1.82) is 0 Å². The minimum Gasteiger partial charge on any atom is -0.466 e. The van der Waals surface area contributed by atoms with Crippen LogP contribution in [0.25, 0.3) is 0 Å². The zero-order valence-electron chi connectivity index (χ0n) is 7.15. The molecule has 0 amide bonds. The van der Waals surface area contributed by atoms with Gasteiger partial charge in [0.05, 0.1) is 17.0 Å². The number of carbonyl (C=O) groups excluding carboxylic acids is 2. The van der Waals surface area contributed by atoms with E-state index in [2.05, 4.69) is 9.72 Å². The monoisotopic (exact) mass is 199 g/mol. The molecule has 0 saturated heterocycles. The quantitative estimate of drug-likeness (QED) is 0.416. The second-order valence-corrected chi connectivity index (χ2v) is 3.16. The molecular weight excluding hydrogens is 190 g/mol. The highest BCUT2D eigenvalue weighted by molar-refractivity contribution is 7.11. The second-order valence-electron chi connectivity index (χ2n) is 2.27. The Hall–Kier alpha value is -1.23. The molecule has 1 heterocycles. The van der Waals surface area contributed by atoms with Gasteiger partial charge in [-0.05, 0) is 6.92 Å². The van der Waals surface area contributed by atoms with Gasteiger partial charge in [0.1, 0.15) is 6.42 Å². The molecule has 0 aliphatic carbocycles. The first-order chi connectivity index (χ1) is 6.24. The van der Waals surface area contributed by atoms with E-state index in [1.54, 1.807) is 12.4 Å². The summed E-state index contributed by atoms with van der Waals surface area (Å²) in [6.07, 6.45) is 1.25. The van der Waals surface area contributed by atoms with Crippen molar-refractivity contribution in [2.45, 2.75) is 13.3 Å². The number of ether oxygens (including phenoxy) is 1. The highest BCUT2D eigenvalue weighted by atomic mass is 32.1. The molecule has 0 bridgehead atoms. The summed E-state index contributed by atoms with van der Waals surface area (Å²) >= 11 is 1.22. The molecule has 13 heavy (non-hydrogen) atoms. The molecule has 4 nitrogen and oxygen atoms in total. The van der Waals surface area contributed by atoms with Gasteiger partial charge in [-0.1, -0.05) is 0 Å². The smallest absolute Gasteiger partial charge is 0.313 e. The van der Waals surface area contributed by atoms with Crippen LogP contribution in [0, 0.1) is 0 Å². The fourth-order valence-electron chi connectivity index (χ4n) is 0.784. The van der Waals surface area contributed by atoms with Crippen molar-refractivity contribution in [3.05, 3.63) is 16.6 Å². The van der Waals surface area contributed by atoms with Crippen LogP contribution in [0.1, 0.15) is 23.0 Å². The van der Waals surface area contributed by atoms with E-state index in [0.717, 1.165) is 0 Å². The maximum Gasteiger partial charge on any atom is 0.313 e. The summed E-state index contributed by atoms with van der Waals surface area (Å²) in [5.41, 5.74) is 1.55. The topological polar surface area (TPSA) is 56.3 Å². The SMILES string of the molecule is CCOC(=O)CC(=O)c1cncs1. The molecule has 1 aromatic rings. The van der Waals surface area contributed by atoms with Crippen LogP contribution >= 0.6 is 11.3 Å². The Balaban J connectivity index is 2.47. The van der Waals surface area contributed by atoms with E-state index in [0.29, 0.717) is 11.5 Å². The summed E-state index contributed by atoms with van der Waals surface area (Å²) in [5, 5.41) is 0. The van der Waals surface area contributed by atoms with E-state index in [9.17, 15) is 9.59 Å². The van der Waals surface area contributed by atoms with Crippen LogP contribution in [-0.4, -0.2) is 23.3 Å². The molecule has 0 atom stereocenters. The molecule has 0 aliphatic rings. The van der Waals surface area contributed by atoms with Gasteiger partial charge in [0.25, 0.3) is 0 Å². The molecule has 0 N–H and O–H groups in total. The number of ketones is 1. The average molecular weight is 199 g/mol. The molecule has 0 unspecified atom stereocenters. The summed E-state index contributed by atoms with van der Waals surface area (Å²) in [5.74, 6) is -0.721. The number of thiazole rings is 1. The first-order valence-corrected chi connectivity index (χ1v) is 4.69. The Labute approximate surface area is 79.6 Å². The molecule has 0 spiro atoms. The lowest BCUT2D eigenvalue weighted by Gasteiger charge is -1.98. The summed E-state index contributed by atoms with van der Waals surface area (Å²) in [6, 6.07) is 0. The summed E-state index contributed by atoms with van der Waals surface area (Å²) < 4.78 is 4.64. The average Bonchev–Trinajstić information content (AvgIpc) is 2.55. The second kappa shape index (κ2) is 4.71. The summed E-state index contributed by atoms with van der Waals surface area (Å²) in [4.78, 5) is 26.4. The predicted molar refractivity (Wildman–Crippen MR) is 47.7 cm³/mol. The zero-order valence-corrected chi connectivity index (χ0v) is 7.97. The number of carbonyl (C=O) groups is 2. The lowest BCUT2D eigenvalue weighted by atomic mass is 10.2. The Morgan fingerprint density at radius 3 is 2.92 bits per heavy atom. The van der Waals surface area contributed by atoms with Crippen molar-refractivity contribution < 1.29 is 14.3 Å². The fraction of sp³-hybridized carbons (Fsp3) is 0.375. The van der Waals surface area contributed by atoms with Crippen LogP contribution in [0.5, 0.6) is 0 Å². The molecule has 1 rings (SSSR count). The normalized spacial score (nSPS) is 9.62. The standard InChI is InChI=1S/C8H9NO3S/c1-2-12-8(11)3-6(10)7-4-9-5-13-7/h4-5H,2-3H2,1H3. The van der Waals surface area contributed by atoms with Crippen LogP contribution in [0.3, 0.4) is 0 Å². The number of rotatable bonds is 4. The first kappa shape index (κ1) is 9.85. The number of hydrogen-bond donors (Lipinski definition) is 0. The Morgan fingerprint density at radius 1 is 1.62 bits per heavy atom. The van der Waals surface area contributed by atoms with Gasteiger partial charge in [-0.3, -0.25) is 14.6 Å². The molecule has 1 aromatic heterocycles. The van der Waals surface area contributed by atoms with Crippen LogP contribution in [0.2, 0.25) is 0 Å². The van der Waals surface area contributed by atoms with Crippen molar-refractivity contribution in [1.82, 2.24) is 4.98 Å². The van der Waals surface area contributed by atoms with Gasteiger partial charge in [-0.25, -0.2) is 0 Å². The molecule has 70 valence electrons. The number of aromatic nitrogens is 1. The largest absolute Gasteiger partial charge is 0.466 e. The highest BCUT2D eigenvalue weighted by Crippen LogP contribution is 2.08. The van der Waals surface area contributed by atoms with Crippen LogP contribution in [0.4, 0.5) is 0 Å².